The smallest absolute Gasteiger partial charge is 0.226 e. The van der Waals surface area contributed by atoms with E-state index in [4.69, 9.17) is 4.42 Å². The maximum Gasteiger partial charge on any atom is 0.226 e. The molecule has 3 aromatic rings. The van der Waals surface area contributed by atoms with Gasteiger partial charge in [-0.25, -0.2) is 14.5 Å². The fourth-order valence-electron chi connectivity index (χ4n) is 4.24. The topological polar surface area (TPSA) is 84.1 Å². The van der Waals surface area contributed by atoms with E-state index in [-0.39, 0.29) is 29.6 Å². The number of nitrogens with one attached hydrogen (secondary N) is 3. The maximum atomic E-state index is 13.3. The van der Waals surface area contributed by atoms with Crippen molar-refractivity contribution in [1.29, 1.82) is 0 Å². The first-order valence-corrected chi connectivity index (χ1v) is 9.31. The third kappa shape index (κ3) is 3.00. The molecule has 3 atom stereocenters. The first-order chi connectivity index (χ1) is 13.7. The fourth-order valence-corrected chi connectivity index (χ4v) is 4.24. The highest BCUT2D eigenvalue weighted by molar-refractivity contribution is 5.93. The Balaban J connectivity index is 1.47. The molecular formula is C20H20FN5O2. The number of amides is 1. The van der Waals surface area contributed by atoms with E-state index in [2.05, 4.69) is 21.3 Å². The molecule has 1 amide bonds. The summed E-state index contributed by atoms with van der Waals surface area (Å²) >= 11 is 0. The Morgan fingerprint density at radius 3 is 2.89 bits per heavy atom. The van der Waals surface area contributed by atoms with Crippen LogP contribution in [-0.4, -0.2) is 22.2 Å². The Labute approximate surface area is 160 Å². The summed E-state index contributed by atoms with van der Waals surface area (Å²) in [5.41, 5.74) is 8.50. The monoisotopic (exact) mass is 381 g/mol. The van der Waals surface area contributed by atoms with Crippen LogP contribution in [0.15, 0.2) is 53.3 Å². The van der Waals surface area contributed by atoms with Crippen molar-refractivity contribution in [2.75, 3.05) is 11.9 Å². The van der Waals surface area contributed by atoms with E-state index in [1.807, 2.05) is 18.3 Å². The van der Waals surface area contributed by atoms with E-state index in [0.717, 1.165) is 22.7 Å². The van der Waals surface area contributed by atoms with Crippen LogP contribution in [0.3, 0.4) is 0 Å². The van der Waals surface area contributed by atoms with Gasteiger partial charge in [0.2, 0.25) is 5.91 Å². The van der Waals surface area contributed by atoms with Gasteiger partial charge in [0.15, 0.2) is 0 Å². The molecule has 1 aromatic carbocycles. The SMILES string of the molecule is O=C1CC(C2CNNC2c2ccc(F)cc2)c2cnn(Cc3ccco3)c2N1. The zero-order valence-corrected chi connectivity index (χ0v) is 15.1. The molecule has 1 fully saturated rings. The number of nitrogens with zero attached hydrogens (tertiary/aromatic N) is 2. The summed E-state index contributed by atoms with van der Waals surface area (Å²) in [4.78, 5) is 12.5. The molecule has 3 N–H and O–H groups in total. The Morgan fingerprint density at radius 1 is 1.25 bits per heavy atom. The van der Waals surface area contributed by atoms with E-state index in [1.54, 1.807) is 23.1 Å². The van der Waals surface area contributed by atoms with E-state index < -0.39 is 0 Å². The number of hydrogen-bond donors (Lipinski definition) is 3. The molecule has 7 nitrogen and oxygen atoms in total. The average molecular weight is 381 g/mol. The predicted octanol–water partition coefficient (Wildman–Crippen LogP) is 2.55. The van der Waals surface area contributed by atoms with Gasteiger partial charge in [0.05, 0.1) is 18.5 Å². The number of benzene rings is 1. The Bertz CT molecular complexity index is 983. The molecular weight excluding hydrogens is 361 g/mol. The summed E-state index contributed by atoms with van der Waals surface area (Å²) < 4.78 is 20.5. The molecule has 2 aromatic heterocycles. The molecule has 8 heteroatoms. The fraction of sp³-hybridized carbons (Fsp3) is 0.300. The molecule has 3 unspecified atom stereocenters. The van der Waals surface area contributed by atoms with Gasteiger partial charge in [0.25, 0.3) is 0 Å². The van der Waals surface area contributed by atoms with Gasteiger partial charge in [-0.1, -0.05) is 12.1 Å². The summed E-state index contributed by atoms with van der Waals surface area (Å²) in [6.07, 6.45) is 3.85. The number of aromatic nitrogens is 2. The van der Waals surface area contributed by atoms with Crippen molar-refractivity contribution in [1.82, 2.24) is 20.6 Å². The molecule has 144 valence electrons. The Morgan fingerprint density at radius 2 is 2.11 bits per heavy atom. The summed E-state index contributed by atoms with van der Waals surface area (Å²) in [7, 11) is 0. The van der Waals surface area contributed by atoms with Gasteiger partial charge in [-0.05, 0) is 29.8 Å². The quantitative estimate of drug-likeness (QED) is 0.647. The molecule has 0 saturated carbocycles. The highest BCUT2D eigenvalue weighted by atomic mass is 19.1. The minimum Gasteiger partial charge on any atom is -0.467 e. The highest BCUT2D eigenvalue weighted by Gasteiger charge is 2.40. The summed E-state index contributed by atoms with van der Waals surface area (Å²) in [5, 5.41) is 7.46. The lowest BCUT2D eigenvalue weighted by atomic mass is 9.77. The van der Waals surface area contributed by atoms with Crippen LogP contribution in [-0.2, 0) is 11.3 Å². The lowest BCUT2D eigenvalue weighted by Gasteiger charge is -2.31. The van der Waals surface area contributed by atoms with Gasteiger partial charge < -0.3 is 9.73 Å². The van der Waals surface area contributed by atoms with Crippen molar-refractivity contribution in [3.8, 4) is 0 Å². The number of hydrazine groups is 1. The van der Waals surface area contributed by atoms with Crippen LogP contribution >= 0.6 is 0 Å². The van der Waals surface area contributed by atoms with Crippen molar-refractivity contribution in [2.45, 2.75) is 24.9 Å². The van der Waals surface area contributed by atoms with Gasteiger partial charge in [0, 0.05) is 30.4 Å². The lowest BCUT2D eigenvalue weighted by molar-refractivity contribution is -0.117. The molecule has 0 spiro atoms. The Hall–Kier alpha value is -2.97. The highest BCUT2D eigenvalue weighted by Crippen LogP contribution is 2.43. The van der Waals surface area contributed by atoms with Crippen LogP contribution in [0.2, 0.25) is 0 Å². The van der Waals surface area contributed by atoms with Crippen molar-refractivity contribution < 1.29 is 13.6 Å². The van der Waals surface area contributed by atoms with Crippen LogP contribution in [0.4, 0.5) is 10.2 Å². The second-order valence-corrected chi connectivity index (χ2v) is 7.26. The van der Waals surface area contributed by atoms with Gasteiger partial charge in [0.1, 0.15) is 23.9 Å². The number of furan rings is 1. The van der Waals surface area contributed by atoms with Crippen LogP contribution in [0, 0.1) is 11.7 Å². The Kier molecular flexibility index (Phi) is 4.22. The van der Waals surface area contributed by atoms with Gasteiger partial charge >= 0.3 is 0 Å². The minimum atomic E-state index is -0.259. The second kappa shape index (κ2) is 6.88. The normalized spacial score (nSPS) is 24.2. The second-order valence-electron chi connectivity index (χ2n) is 7.26. The van der Waals surface area contributed by atoms with E-state index >= 15 is 0 Å². The van der Waals surface area contributed by atoms with Gasteiger partial charge in [-0.3, -0.25) is 10.2 Å². The first-order valence-electron chi connectivity index (χ1n) is 9.31. The number of anilines is 1. The number of hydrogen-bond acceptors (Lipinski definition) is 5. The van der Waals surface area contributed by atoms with Crippen molar-refractivity contribution in [3.05, 3.63) is 71.6 Å². The predicted molar refractivity (Wildman–Crippen MR) is 99.8 cm³/mol. The average Bonchev–Trinajstić information content (AvgIpc) is 3.44. The molecule has 0 radical (unpaired) electrons. The van der Waals surface area contributed by atoms with Crippen molar-refractivity contribution in [2.24, 2.45) is 5.92 Å². The molecule has 28 heavy (non-hydrogen) atoms. The maximum absolute atomic E-state index is 13.3. The summed E-state index contributed by atoms with van der Waals surface area (Å²) in [6, 6.07) is 10.2. The number of carbonyl (C=O) groups is 1. The number of carbonyl (C=O) groups excluding carboxylic acids is 1. The lowest BCUT2D eigenvalue weighted by Crippen LogP contribution is -2.31. The third-order valence-corrected chi connectivity index (χ3v) is 5.59. The number of halogens is 1. The third-order valence-electron chi connectivity index (χ3n) is 5.59. The van der Waals surface area contributed by atoms with Gasteiger partial charge in [-0.15, -0.1) is 0 Å². The molecule has 0 bridgehead atoms. The van der Waals surface area contributed by atoms with Crippen molar-refractivity contribution in [3.63, 3.8) is 0 Å². The van der Waals surface area contributed by atoms with E-state index in [1.165, 1.54) is 12.1 Å². The summed E-state index contributed by atoms with van der Waals surface area (Å²) in [6.45, 7) is 1.17. The van der Waals surface area contributed by atoms with E-state index in [9.17, 15) is 9.18 Å². The zero-order valence-electron chi connectivity index (χ0n) is 15.1. The molecule has 2 aliphatic rings. The van der Waals surface area contributed by atoms with Crippen LogP contribution in [0.1, 0.15) is 35.3 Å². The number of rotatable bonds is 4. The van der Waals surface area contributed by atoms with Crippen molar-refractivity contribution >= 4 is 11.7 Å². The van der Waals surface area contributed by atoms with E-state index in [0.29, 0.717) is 19.5 Å². The van der Waals surface area contributed by atoms with Crippen LogP contribution in [0.25, 0.3) is 0 Å². The zero-order chi connectivity index (χ0) is 19.1. The first kappa shape index (κ1) is 17.2. The minimum absolute atomic E-state index is 0.00616. The standard InChI is InChI=1S/C20H20FN5O2/c21-13-5-3-12(4-6-13)19-16(9-22-25-19)15-8-18(27)24-20-17(15)10-23-26(20)11-14-2-1-7-28-14/h1-7,10,15-16,19,22,25H,8-9,11H2,(H,24,27). The van der Waals surface area contributed by atoms with Crippen LogP contribution in [0.5, 0.6) is 0 Å². The summed E-state index contributed by atoms with van der Waals surface area (Å²) in [5.74, 6) is 1.36. The largest absolute Gasteiger partial charge is 0.467 e. The molecule has 2 aliphatic heterocycles. The molecule has 4 heterocycles. The molecule has 0 aliphatic carbocycles. The number of fused-ring (bicyclic) bond motifs is 1. The molecule has 5 rings (SSSR count). The van der Waals surface area contributed by atoms with Crippen LogP contribution < -0.4 is 16.2 Å². The molecule has 1 saturated heterocycles. The van der Waals surface area contributed by atoms with Gasteiger partial charge in [-0.2, -0.15) is 5.10 Å².